The average Bonchev–Trinajstić information content (AvgIpc) is 2.69. The van der Waals surface area contributed by atoms with E-state index in [0.29, 0.717) is 0 Å². The molecule has 3 radical (unpaired) electrons. The molecule has 3 aliphatic carbocycles. The van der Waals surface area contributed by atoms with Crippen molar-refractivity contribution in [3.05, 3.63) is 70.6 Å². The summed E-state index contributed by atoms with van der Waals surface area (Å²) >= 11 is 0. The van der Waals surface area contributed by atoms with Gasteiger partial charge >= 0.3 is 0 Å². The van der Waals surface area contributed by atoms with Gasteiger partial charge in [-0.05, 0) is 42.1 Å². The van der Waals surface area contributed by atoms with Crippen molar-refractivity contribution in [2.75, 3.05) is 0 Å². The van der Waals surface area contributed by atoms with Crippen LogP contribution in [-0.4, -0.2) is 129 Å². The van der Waals surface area contributed by atoms with Crippen molar-refractivity contribution in [2.24, 2.45) is 0 Å². The average molecular weight is 523 g/mol. The van der Waals surface area contributed by atoms with E-state index in [2.05, 4.69) is 0 Å². The number of rotatable bonds is 3. The second-order valence-corrected chi connectivity index (χ2v) is 11.4. The molecule has 0 bridgehead atoms. The molecule has 0 atom stereocenters. The van der Waals surface area contributed by atoms with Crippen molar-refractivity contribution in [2.45, 2.75) is 19.3 Å². The zero-order chi connectivity index (χ0) is 20.3. The van der Waals surface area contributed by atoms with Crippen LogP contribution in [-0.2, 0) is 30.9 Å². The molecule has 0 saturated heterocycles. The van der Waals surface area contributed by atoms with Crippen molar-refractivity contribution in [1.29, 1.82) is 0 Å². The van der Waals surface area contributed by atoms with E-state index in [4.69, 9.17) is 0 Å². The van der Waals surface area contributed by atoms with Crippen LogP contribution in [0, 0.1) is 0 Å². The van der Waals surface area contributed by atoms with E-state index in [-0.39, 0.29) is 123 Å². The molecular weight excluding hydrogens is 508 g/mol. The van der Waals surface area contributed by atoms with Gasteiger partial charge in [-0.3, -0.25) is 0 Å². The zero-order valence-corrected chi connectivity index (χ0v) is 26.8. The third-order valence-electron chi connectivity index (χ3n) is 4.28. The Kier molecular flexibility index (Phi) is 15.5. The Labute approximate surface area is 253 Å². The van der Waals surface area contributed by atoms with Crippen molar-refractivity contribution in [3.8, 4) is 0 Å². The second-order valence-electron chi connectivity index (χ2n) is 6.02. The van der Waals surface area contributed by atoms with Gasteiger partial charge in [-0.25, -0.2) is 0 Å². The third-order valence-corrected chi connectivity index (χ3v) is 9.05. The van der Waals surface area contributed by atoms with Crippen LogP contribution in [0.5, 0.6) is 0 Å². The summed E-state index contributed by atoms with van der Waals surface area (Å²) < 4.78 is 68.6. The molecule has 3 rings (SSSR count). The maximum absolute atomic E-state index is 11.4. The van der Waals surface area contributed by atoms with Gasteiger partial charge in [-0.15, -0.1) is 0 Å². The summed E-state index contributed by atoms with van der Waals surface area (Å²) in [7, 11) is -8.28. The summed E-state index contributed by atoms with van der Waals surface area (Å²) in [6, 6.07) is 0. The molecule has 0 amide bonds. The van der Waals surface area contributed by atoms with Crippen LogP contribution in [0.4, 0.5) is 0 Å². The van der Waals surface area contributed by atoms with E-state index in [1.165, 1.54) is 18.2 Å². The fraction of sp³-hybridized carbons (Fsp3) is 0.167. The van der Waals surface area contributed by atoms with Crippen molar-refractivity contribution in [1.82, 2.24) is 0 Å². The summed E-state index contributed by atoms with van der Waals surface area (Å²) in [5, 5.41) is 2.52. The molecule has 3 aliphatic rings. The molecule has 0 spiro atoms. The Bertz CT molecular complexity index is 1150. The largest absolute Gasteiger partial charge is 0.217 e. The van der Waals surface area contributed by atoms with Gasteiger partial charge < -0.3 is 0 Å². The van der Waals surface area contributed by atoms with Crippen molar-refractivity contribution >= 4 is 142 Å². The molecule has 6 nitrogen and oxygen atoms in total. The summed E-state index contributed by atoms with van der Waals surface area (Å²) in [6.07, 6.45) is 15.7. The summed E-state index contributed by atoms with van der Waals surface area (Å²) in [6.45, 7) is 0. The van der Waals surface area contributed by atoms with Crippen molar-refractivity contribution in [3.63, 3.8) is 0 Å². The molecule has 0 N–H and O–H groups in total. The molecule has 149 valence electrons. The fourth-order valence-electron chi connectivity index (χ4n) is 3.05. The Morgan fingerprint density at radius 1 is 0.516 bits per heavy atom. The van der Waals surface area contributed by atoms with Crippen molar-refractivity contribution < 1.29 is 25.3 Å². The number of hydrogen-bond acceptors (Lipinski definition) is 6. The summed E-state index contributed by atoms with van der Waals surface area (Å²) in [5.41, 5.74) is 0. The molecular formula is C18H15Na3O6PS3. The molecule has 0 aliphatic heterocycles. The Morgan fingerprint density at radius 2 is 0.774 bits per heavy atom. The molecule has 0 heterocycles. The maximum atomic E-state index is 11.4. The minimum absolute atomic E-state index is 0. The zero-order valence-electron chi connectivity index (χ0n) is 17.4. The van der Waals surface area contributed by atoms with Crippen LogP contribution in [0.2, 0.25) is 0 Å². The maximum Gasteiger partial charge on any atom is 0.217 e. The topological polar surface area (TPSA) is 102 Å². The van der Waals surface area contributed by atoms with Gasteiger partial charge in [0.25, 0.3) is 0 Å². The van der Waals surface area contributed by atoms with E-state index in [9.17, 15) is 25.3 Å². The van der Waals surface area contributed by atoms with Crippen LogP contribution < -0.4 is 0 Å². The van der Waals surface area contributed by atoms with Gasteiger partial charge in [0.1, 0.15) is 0 Å². The molecule has 0 aromatic rings. The first-order valence-corrected chi connectivity index (χ1v) is 12.7. The van der Waals surface area contributed by atoms with Crippen LogP contribution in [0.15, 0.2) is 70.6 Å². The van der Waals surface area contributed by atoms with Crippen LogP contribution in [0.3, 0.4) is 0 Å². The van der Waals surface area contributed by atoms with E-state index in [1.54, 1.807) is 18.2 Å². The van der Waals surface area contributed by atoms with Crippen LogP contribution in [0.1, 0.15) is 19.3 Å². The molecule has 13 heteroatoms. The predicted molar refractivity (Wildman–Crippen MR) is 131 cm³/mol. The Hall–Kier alpha value is 0.940. The third kappa shape index (κ3) is 8.58. The first-order chi connectivity index (χ1) is 13.4. The van der Waals surface area contributed by atoms with E-state index < -0.39 is 38.8 Å². The fourth-order valence-corrected chi connectivity index (χ4v) is 7.55. The number of hydrogen-bond donors (Lipinski definition) is 0. The quantitative estimate of drug-likeness (QED) is 0.311. The van der Waals surface area contributed by atoms with E-state index in [1.807, 2.05) is 18.2 Å². The minimum Gasteiger partial charge on any atom is -0.184 e. The Morgan fingerprint density at radius 3 is 1.00 bits per heavy atom. The van der Waals surface area contributed by atoms with E-state index >= 15 is 0 Å². The van der Waals surface area contributed by atoms with Gasteiger partial charge in [-0.2, -0.15) is 25.3 Å². The van der Waals surface area contributed by atoms with Gasteiger partial charge in [0.15, 0.2) is 0 Å². The van der Waals surface area contributed by atoms with Gasteiger partial charge in [0, 0.05) is 108 Å². The van der Waals surface area contributed by atoms with Gasteiger partial charge in [0.2, 0.25) is 30.9 Å². The van der Waals surface area contributed by atoms with Gasteiger partial charge in [0.05, 0.1) is 14.6 Å². The standard InChI is InChI=1S/C18H15O6PS3.3Na/c19-26(20)16-7-1-4-13(10-16)25(14-5-2-8-17(11-14)27(21)22)15-6-3-9-18(12-15)28(23)24;;;/h1-9H,10-12H2;;;. The molecule has 0 fully saturated rings. The monoisotopic (exact) mass is 523 g/mol. The minimum atomic E-state index is -2.35. The first kappa shape index (κ1) is 31.9. The predicted octanol–water partition coefficient (Wildman–Crippen LogP) is 1.01. The van der Waals surface area contributed by atoms with E-state index in [0.717, 1.165) is 15.9 Å². The molecule has 0 aromatic heterocycles. The molecule has 0 aromatic carbocycles. The number of allylic oxidation sites excluding steroid dienone is 12. The van der Waals surface area contributed by atoms with Gasteiger partial charge in [-0.1, -0.05) is 36.5 Å². The Balaban J connectivity index is 0.00000300. The smallest absolute Gasteiger partial charge is 0.184 e. The second kappa shape index (κ2) is 15.0. The normalized spacial score (nSPS) is 16.9. The molecule has 31 heavy (non-hydrogen) atoms. The summed E-state index contributed by atoms with van der Waals surface area (Å²) in [5.74, 6) is 0. The first-order valence-electron chi connectivity index (χ1n) is 8.14. The molecule has 0 unspecified atom stereocenters. The van der Waals surface area contributed by atoms with Crippen LogP contribution >= 0.6 is 7.92 Å². The SMILES string of the molecule is O=S(=O)=C1C=CC=C(P(C2=CC=CC(=S(=O)=O)C2)C2=CC=CC(=S(=O)=O)C2)C1.[Na].[Na].[Na]. The molecule has 0 saturated carbocycles. The summed E-state index contributed by atoms with van der Waals surface area (Å²) in [4.78, 5) is 0.742. The van der Waals surface area contributed by atoms with Crippen LogP contribution in [0.25, 0.3) is 0 Å².